The van der Waals surface area contributed by atoms with Crippen molar-refractivity contribution in [2.24, 2.45) is 5.73 Å². The Kier molecular flexibility index (Phi) is 3.75. The number of nitrogens with zero attached hydrogens (tertiary/aromatic N) is 1. The van der Waals surface area contributed by atoms with E-state index in [1.807, 2.05) is 12.1 Å². The summed E-state index contributed by atoms with van der Waals surface area (Å²) in [7, 11) is 0. The number of nitrogens with one attached hydrogen (secondary N) is 1. The van der Waals surface area contributed by atoms with E-state index in [2.05, 4.69) is 10.3 Å². The van der Waals surface area contributed by atoms with E-state index in [1.54, 1.807) is 12.1 Å². The van der Waals surface area contributed by atoms with E-state index in [0.717, 1.165) is 10.2 Å². The minimum Gasteiger partial charge on any atom is -0.389 e. The van der Waals surface area contributed by atoms with Crippen molar-refractivity contribution in [3.8, 4) is 0 Å². The van der Waals surface area contributed by atoms with Gasteiger partial charge in [0.05, 0.1) is 15.9 Å². The van der Waals surface area contributed by atoms with Crippen molar-refractivity contribution in [3.63, 3.8) is 0 Å². The monoisotopic (exact) mass is 337 g/mol. The van der Waals surface area contributed by atoms with Crippen molar-refractivity contribution in [1.82, 2.24) is 4.98 Å². The number of fused-ring (bicyclic) bond motifs is 1. The Morgan fingerprint density at radius 3 is 2.86 bits per heavy atom. The molecule has 0 spiro atoms. The Labute approximate surface area is 134 Å². The predicted molar refractivity (Wildman–Crippen MR) is 90.2 cm³/mol. The van der Waals surface area contributed by atoms with Gasteiger partial charge in [0.2, 0.25) is 0 Å². The highest BCUT2D eigenvalue weighted by Gasteiger charge is 2.10. The molecule has 0 aliphatic heterocycles. The van der Waals surface area contributed by atoms with Crippen LogP contribution in [0.3, 0.4) is 0 Å². The number of thiazole rings is 1. The molecule has 106 valence electrons. The molecule has 3 N–H and O–H groups in total. The van der Waals surface area contributed by atoms with Crippen molar-refractivity contribution in [2.75, 3.05) is 5.32 Å². The summed E-state index contributed by atoms with van der Waals surface area (Å²) in [6.07, 6.45) is 0. The number of nitrogens with two attached hydrogens (primary N) is 1. The molecule has 0 saturated carbocycles. The summed E-state index contributed by atoms with van der Waals surface area (Å²) in [5.41, 5.74) is 7.53. The van der Waals surface area contributed by atoms with E-state index in [9.17, 15) is 4.39 Å². The molecule has 1 aromatic heterocycles. The number of benzene rings is 2. The van der Waals surface area contributed by atoms with Gasteiger partial charge in [-0.2, -0.15) is 0 Å². The Balaban J connectivity index is 2.00. The lowest BCUT2D eigenvalue weighted by Crippen LogP contribution is -2.12. The van der Waals surface area contributed by atoms with Crippen molar-refractivity contribution in [2.45, 2.75) is 0 Å². The molecular formula is C14H9ClFN3S2. The second-order valence-electron chi connectivity index (χ2n) is 4.31. The zero-order valence-corrected chi connectivity index (χ0v) is 13.0. The lowest BCUT2D eigenvalue weighted by Gasteiger charge is -2.08. The molecule has 3 nitrogen and oxygen atoms in total. The molecule has 1 heterocycles. The predicted octanol–water partition coefficient (Wildman–Crippen LogP) is 4.47. The lowest BCUT2D eigenvalue weighted by molar-refractivity contribution is 0.628. The molecule has 0 atom stereocenters. The highest BCUT2D eigenvalue weighted by molar-refractivity contribution is 7.80. The molecule has 3 rings (SSSR count). The SMILES string of the molecule is NC(=S)c1cc(F)ccc1Nc1nc2ccc(Cl)cc2s1. The minimum absolute atomic E-state index is 0.126. The first-order chi connectivity index (χ1) is 10.0. The maximum absolute atomic E-state index is 13.3. The van der Waals surface area contributed by atoms with Crippen LogP contribution in [0.1, 0.15) is 5.56 Å². The fraction of sp³-hybridized carbons (Fsp3) is 0. The number of anilines is 2. The Morgan fingerprint density at radius 2 is 2.10 bits per heavy atom. The van der Waals surface area contributed by atoms with E-state index >= 15 is 0 Å². The summed E-state index contributed by atoms with van der Waals surface area (Å²) < 4.78 is 14.2. The largest absolute Gasteiger partial charge is 0.389 e. The van der Waals surface area contributed by atoms with Crippen LogP contribution in [0.15, 0.2) is 36.4 Å². The van der Waals surface area contributed by atoms with E-state index in [4.69, 9.17) is 29.6 Å². The molecule has 0 radical (unpaired) electrons. The number of hydrogen-bond donors (Lipinski definition) is 2. The van der Waals surface area contributed by atoms with Crippen LogP contribution in [-0.2, 0) is 0 Å². The second-order valence-corrected chi connectivity index (χ2v) is 6.22. The number of rotatable bonds is 3. The van der Waals surface area contributed by atoms with Gasteiger partial charge in [0, 0.05) is 10.6 Å². The van der Waals surface area contributed by atoms with Gasteiger partial charge in [-0.15, -0.1) is 0 Å². The maximum atomic E-state index is 13.3. The first-order valence-electron chi connectivity index (χ1n) is 5.95. The van der Waals surface area contributed by atoms with E-state index < -0.39 is 0 Å². The standard InChI is InChI=1S/C14H9ClFN3S2/c15-7-1-3-11-12(5-7)21-14(19-11)18-10-4-2-8(16)6-9(10)13(17)20/h1-6H,(H2,17,20)(H,18,19). The van der Waals surface area contributed by atoms with E-state index in [0.29, 0.717) is 21.4 Å². The summed E-state index contributed by atoms with van der Waals surface area (Å²) in [6, 6.07) is 9.70. The number of thiocarbonyl (C=S) groups is 1. The number of hydrogen-bond acceptors (Lipinski definition) is 4. The van der Waals surface area contributed by atoms with Crippen LogP contribution in [0.2, 0.25) is 5.02 Å². The van der Waals surface area contributed by atoms with Crippen LogP contribution >= 0.6 is 35.2 Å². The fourth-order valence-electron chi connectivity index (χ4n) is 1.90. The minimum atomic E-state index is -0.389. The van der Waals surface area contributed by atoms with E-state index in [-0.39, 0.29) is 10.8 Å². The molecule has 0 saturated heterocycles. The fourth-order valence-corrected chi connectivity index (χ4v) is 3.22. The van der Waals surface area contributed by atoms with Crippen LogP contribution in [0, 0.1) is 5.82 Å². The number of aromatic nitrogens is 1. The van der Waals surface area contributed by atoms with Crippen molar-refractivity contribution < 1.29 is 4.39 Å². The summed E-state index contributed by atoms with van der Waals surface area (Å²) >= 11 is 12.3. The molecule has 0 amide bonds. The molecule has 21 heavy (non-hydrogen) atoms. The van der Waals surface area contributed by atoms with Gasteiger partial charge >= 0.3 is 0 Å². The molecule has 0 aliphatic rings. The van der Waals surface area contributed by atoms with Gasteiger partial charge in [0.25, 0.3) is 0 Å². The molecule has 0 bridgehead atoms. The van der Waals surface area contributed by atoms with Gasteiger partial charge in [-0.1, -0.05) is 35.2 Å². The molecule has 2 aromatic carbocycles. The van der Waals surface area contributed by atoms with Gasteiger partial charge in [-0.3, -0.25) is 0 Å². The van der Waals surface area contributed by atoms with Gasteiger partial charge in [-0.25, -0.2) is 9.37 Å². The van der Waals surface area contributed by atoms with Crippen molar-refractivity contribution in [3.05, 3.63) is 52.8 Å². The van der Waals surface area contributed by atoms with Crippen molar-refractivity contribution in [1.29, 1.82) is 0 Å². The zero-order valence-electron chi connectivity index (χ0n) is 10.6. The lowest BCUT2D eigenvalue weighted by atomic mass is 10.1. The summed E-state index contributed by atoms with van der Waals surface area (Å²) in [4.78, 5) is 4.57. The average Bonchev–Trinajstić information content (AvgIpc) is 2.82. The van der Waals surface area contributed by atoms with Crippen LogP contribution in [0.4, 0.5) is 15.2 Å². The Morgan fingerprint density at radius 1 is 1.29 bits per heavy atom. The van der Waals surface area contributed by atoms with Gasteiger partial charge in [-0.05, 0) is 36.4 Å². The van der Waals surface area contributed by atoms with E-state index in [1.165, 1.54) is 23.5 Å². The number of halogens is 2. The first kappa shape index (κ1) is 14.2. The van der Waals surface area contributed by atoms with Crippen LogP contribution in [-0.4, -0.2) is 9.97 Å². The summed E-state index contributed by atoms with van der Waals surface area (Å²) in [6.45, 7) is 0. The second kappa shape index (κ2) is 5.55. The molecule has 0 unspecified atom stereocenters. The van der Waals surface area contributed by atoms with Crippen LogP contribution in [0.5, 0.6) is 0 Å². The molecule has 3 aromatic rings. The molecule has 7 heteroatoms. The van der Waals surface area contributed by atoms with Crippen molar-refractivity contribution >= 4 is 61.2 Å². The molecular weight excluding hydrogens is 329 g/mol. The average molecular weight is 338 g/mol. The summed E-state index contributed by atoms with van der Waals surface area (Å²) in [5.74, 6) is -0.389. The maximum Gasteiger partial charge on any atom is 0.188 e. The van der Waals surface area contributed by atoms with Gasteiger partial charge in [0.1, 0.15) is 10.8 Å². The third kappa shape index (κ3) is 2.97. The van der Waals surface area contributed by atoms with Gasteiger partial charge in [0.15, 0.2) is 5.13 Å². The zero-order chi connectivity index (χ0) is 15.0. The van der Waals surface area contributed by atoms with Crippen LogP contribution in [0.25, 0.3) is 10.2 Å². The first-order valence-corrected chi connectivity index (χ1v) is 7.56. The van der Waals surface area contributed by atoms with Gasteiger partial charge < -0.3 is 11.1 Å². The topological polar surface area (TPSA) is 50.9 Å². The smallest absolute Gasteiger partial charge is 0.188 e. The normalized spacial score (nSPS) is 10.8. The molecule has 0 aliphatic carbocycles. The quantitative estimate of drug-likeness (QED) is 0.692. The summed E-state index contributed by atoms with van der Waals surface area (Å²) in [5, 5.41) is 4.44. The Hall–Kier alpha value is -1.76. The van der Waals surface area contributed by atoms with Crippen LogP contribution < -0.4 is 11.1 Å². The third-order valence-electron chi connectivity index (χ3n) is 2.84. The third-order valence-corrected chi connectivity index (χ3v) is 4.23. The highest BCUT2D eigenvalue weighted by Crippen LogP contribution is 2.31. The molecule has 0 fully saturated rings. The highest BCUT2D eigenvalue weighted by atomic mass is 35.5. The Bertz CT molecular complexity index is 847.